The summed E-state index contributed by atoms with van der Waals surface area (Å²) >= 11 is 0. The molecule has 5 nitrogen and oxygen atoms in total. The number of aromatic carboxylic acids is 1. The van der Waals surface area contributed by atoms with Gasteiger partial charge >= 0.3 is 5.97 Å². The quantitative estimate of drug-likeness (QED) is 0.362. The number of carbonyl (C=O) groups is 2. The lowest BCUT2D eigenvalue weighted by Gasteiger charge is -2.22. The zero-order valence-corrected chi connectivity index (χ0v) is 22.0. The Morgan fingerprint density at radius 2 is 1.46 bits per heavy atom. The second kappa shape index (κ2) is 11.4. The molecule has 5 heteroatoms. The maximum atomic E-state index is 13.2. The molecule has 2 aliphatic rings. The molecule has 6 rings (SSSR count). The fraction of sp³-hybridized carbons (Fsp3) is 0.176. The summed E-state index contributed by atoms with van der Waals surface area (Å²) in [7, 11) is 3.19. The standard InChI is InChI=1S/C27H24O3.C7H6O2/c1-29-25-14-10-20(16-26(25)30-2)27(28)19-9-11-22-18(15-19)8-13-23-21-6-4-3-5-17(21)7-12-24(22)23;8-7(9)6-4-2-1-3-5-6/h3-6,8,10-14,16,19H,7,9,15H2,1-2H3;1-5H,(H,8,9). The molecule has 0 amide bonds. The lowest BCUT2D eigenvalue weighted by Crippen LogP contribution is -2.37. The van der Waals surface area contributed by atoms with Gasteiger partial charge in [0.25, 0.3) is 0 Å². The van der Waals surface area contributed by atoms with E-state index in [1.54, 1.807) is 56.7 Å². The van der Waals surface area contributed by atoms with Gasteiger partial charge in [-0.15, -0.1) is 0 Å². The molecule has 39 heavy (non-hydrogen) atoms. The molecule has 1 N–H and O–H groups in total. The van der Waals surface area contributed by atoms with Gasteiger partial charge in [0.1, 0.15) is 0 Å². The molecule has 0 fully saturated rings. The van der Waals surface area contributed by atoms with Gasteiger partial charge in [0.15, 0.2) is 17.3 Å². The van der Waals surface area contributed by atoms with Gasteiger partial charge in [0.05, 0.1) is 19.8 Å². The van der Waals surface area contributed by atoms with E-state index in [2.05, 4.69) is 48.6 Å². The molecule has 0 aliphatic heterocycles. The SMILES string of the molecule is COc1ccc(C(=O)C2CC=c3c(ccc4c3=CCc3ccccc3-4)C2)cc1OC.O=C(O)c1ccccc1. The number of carbonyl (C=O) groups excluding carboxylic acids is 1. The van der Waals surface area contributed by atoms with E-state index in [-0.39, 0.29) is 11.7 Å². The van der Waals surface area contributed by atoms with Gasteiger partial charge in [-0.1, -0.05) is 66.7 Å². The number of carboxylic acids is 1. The molecule has 0 spiro atoms. The highest BCUT2D eigenvalue weighted by Crippen LogP contribution is 2.30. The van der Waals surface area contributed by atoms with Crippen molar-refractivity contribution in [1.82, 2.24) is 0 Å². The maximum Gasteiger partial charge on any atom is 0.335 e. The third-order valence-electron chi connectivity index (χ3n) is 7.34. The minimum absolute atomic E-state index is 0.0514. The summed E-state index contributed by atoms with van der Waals surface area (Å²) < 4.78 is 10.7. The van der Waals surface area contributed by atoms with E-state index >= 15 is 0 Å². The summed E-state index contributed by atoms with van der Waals surface area (Å²) in [5.74, 6) is 0.452. The lowest BCUT2D eigenvalue weighted by atomic mass is 9.81. The Hall–Kier alpha value is -4.64. The number of hydrogen-bond donors (Lipinski definition) is 1. The van der Waals surface area contributed by atoms with Crippen LogP contribution in [0.5, 0.6) is 11.5 Å². The first-order chi connectivity index (χ1) is 19.0. The number of ether oxygens (including phenoxy) is 2. The number of carboxylic acid groups (broad SMARTS) is 1. The third-order valence-corrected chi connectivity index (χ3v) is 7.34. The molecule has 0 radical (unpaired) electrons. The molecule has 1 unspecified atom stereocenters. The number of Topliss-reactive ketones (excluding diaryl/α,β-unsaturated/α-hetero) is 1. The Morgan fingerprint density at radius 1 is 0.718 bits per heavy atom. The number of ketones is 1. The van der Waals surface area contributed by atoms with E-state index in [0.717, 1.165) is 19.3 Å². The van der Waals surface area contributed by atoms with Crippen molar-refractivity contribution in [1.29, 1.82) is 0 Å². The van der Waals surface area contributed by atoms with E-state index in [1.807, 2.05) is 6.07 Å². The Kier molecular flexibility index (Phi) is 7.60. The van der Waals surface area contributed by atoms with Crippen molar-refractivity contribution >= 4 is 23.9 Å². The lowest BCUT2D eigenvalue weighted by molar-refractivity contribution is 0.0696. The fourth-order valence-electron chi connectivity index (χ4n) is 5.34. The highest BCUT2D eigenvalue weighted by Gasteiger charge is 2.25. The predicted molar refractivity (Wildman–Crippen MR) is 153 cm³/mol. The molecule has 4 aromatic carbocycles. The molecule has 1 atom stereocenters. The summed E-state index contributed by atoms with van der Waals surface area (Å²) in [4.78, 5) is 23.4. The van der Waals surface area contributed by atoms with Crippen LogP contribution in [0.25, 0.3) is 23.3 Å². The highest BCUT2D eigenvalue weighted by atomic mass is 16.5. The number of benzene rings is 4. The summed E-state index contributed by atoms with van der Waals surface area (Å²) in [6.07, 6.45) is 7.07. The monoisotopic (exact) mass is 518 g/mol. The molecular weight excluding hydrogens is 488 g/mol. The first kappa shape index (κ1) is 26.0. The van der Waals surface area contributed by atoms with E-state index in [1.165, 1.54) is 32.7 Å². The fourth-order valence-corrected chi connectivity index (χ4v) is 5.34. The van der Waals surface area contributed by atoms with Crippen LogP contribution >= 0.6 is 0 Å². The van der Waals surface area contributed by atoms with E-state index < -0.39 is 5.97 Å². The topological polar surface area (TPSA) is 72.8 Å². The summed E-state index contributed by atoms with van der Waals surface area (Å²) in [5, 5.41) is 11.0. The number of fused-ring (bicyclic) bond motifs is 5. The Morgan fingerprint density at radius 3 is 2.18 bits per heavy atom. The summed E-state index contributed by atoms with van der Waals surface area (Å²) in [5.41, 5.74) is 6.27. The molecule has 196 valence electrons. The van der Waals surface area contributed by atoms with E-state index in [9.17, 15) is 9.59 Å². The van der Waals surface area contributed by atoms with Gasteiger partial charge in [-0.2, -0.15) is 0 Å². The van der Waals surface area contributed by atoms with Crippen LogP contribution in [-0.2, 0) is 12.8 Å². The molecular formula is C34H30O5. The van der Waals surface area contributed by atoms with Crippen molar-refractivity contribution in [3.8, 4) is 22.6 Å². The largest absolute Gasteiger partial charge is 0.493 e. The summed E-state index contributed by atoms with van der Waals surface area (Å²) in [6.45, 7) is 0. The van der Waals surface area contributed by atoms with Crippen molar-refractivity contribution in [2.75, 3.05) is 14.2 Å². The molecule has 2 aliphatic carbocycles. The van der Waals surface area contributed by atoms with Crippen molar-refractivity contribution in [3.05, 3.63) is 118 Å². The Balaban J connectivity index is 0.000000292. The van der Waals surface area contributed by atoms with Crippen LogP contribution in [0, 0.1) is 5.92 Å². The molecule has 0 saturated carbocycles. The minimum Gasteiger partial charge on any atom is -0.493 e. The first-order valence-electron chi connectivity index (χ1n) is 12.9. The minimum atomic E-state index is -0.879. The molecule has 0 aromatic heterocycles. The van der Waals surface area contributed by atoms with Crippen LogP contribution in [0.15, 0.2) is 84.9 Å². The van der Waals surface area contributed by atoms with Crippen LogP contribution in [-0.4, -0.2) is 31.1 Å². The van der Waals surface area contributed by atoms with Crippen molar-refractivity contribution in [2.24, 2.45) is 5.92 Å². The van der Waals surface area contributed by atoms with Gasteiger partial charge in [0.2, 0.25) is 0 Å². The summed E-state index contributed by atoms with van der Waals surface area (Å²) in [6, 6.07) is 26.8. The molecule has 0 heterocycles. The van der Waals surface area contributed by atoms with Crippen LogP contribution in [0.2, 0.25) is 0 Å². The molecule has 0 bridgehead atoms. The molecule has 0 saturated heterocycles. The van der Waals surface area contributed by atoms with E-state index in [0.29, 0.717) is 22.6 Å². The third kappa shape index (κ3) is 5.34. The second-order valence-corrected chi connectivity index (χ2v) is 9.61. The average molecular weight is 519 g/mol. The zero-order valence-electron chi connectivity index (χ0n) is 22.0. The average Bonchev–Trinajstić information content (AvgIpc) is 3.00. The van der Waals surface area contributed by atoms with Gasteiger partial charge < -0.3 is 14.6 Å². The van der Waals surface area contributed by atoms with Crippen LogP contribution < -0.4 is 19.9 Å². The number of rotatable bonds is 5. The van der Waals surface area contributed by atoms with Crippen molar-refractivity contribution < 1.29 is 24.2 Å². The number of methoxy groups -OCH3 is 2. The van der Waals surface area contributed by atoms with Gasteiger partial charge in [-0.3, -0.25) is 4.79 Å². The van der Waals surface area contributed by atoms with Crippen molar-refractivity contribution in [3.63, 3.8) is 0 Å². The maximum absolute atomic E-state index is 13.2. The zero-order chi connectivity index (χ0) is 27.4. The smallest absolute Gasteiger partial charge is 0.335 e. The number of hydrogen-bond acceptors (Lipinski definition) is 4. The normalized spacial score (nSPS) is 14.6. The van der Waals surface area contributed by atoms with Crippen LogP contribution in [0.3, 0.4) is 0 Å². The molecule has 4 aromatic rings. The van der Waals surface area contributed by atoms with Gasteiger partial charge in [0, 0.05) is 11.5 Å². The van der Waals surface area contributed by atoms with Gasteiger partial charge in [-0.25, -0.2) is 4.79 Å². The Bertz CT molecular complexity index is 1650. The first-order valence-corrected chi connectivity index (χ1v) is 12.9. The van der Waals surface area contributed by atoms with Gasteiger partial charge in [-0.05, 0) is 82.3 Å². The van der Waals surface area contributed by atoms with E-state index in [4.69, 9.17) is 14.6 Å². The highest BCUT2D eigenvalue weighted by molar-refractivity contribution is 5.99. The second-order valence-electron chi connectivity index (χ2n) is 9.61. The Labute approximate surface area is 227 Å². The van der Waals surface area contributed by atoms with Crippen LogP contribution in [0.1, 0.15) is 38.3 Å². The predicted octanol–water partition coefficient (Wildman–Crippen LogP) is 5.32. The van der Waals surface area contributed by atoms with Crippen molar-refractivity contribution in [2.45, 2.75) is 19.3 Å². The van der Waals surface area contributed by atoms with Crippen LogP contribution in [0.4, 0.5) is 0 Å².